The van der Waals surface area contributed by atoms with Gasteiger partial charge in [0.1, 0.15) is 5.75 Å². The number of sulfone groups is 1. The molecule has 3 aromatic carbocycles. The first kappa shape index (κ1) is 17.2. The van der Waals surface area contributed by atoms with Gasteiger partial charge in [0.2, 0.25) is 0 Å². The molecule has 1 aliphatic rings. The fourth-order valence-corrected chi connectivity index (χ4v) is 4.19. The second-order valence-electron chi connectivity index (χ2n) is 6.21. The van der Waals surface area contributed by atoms with Crippen LogP contribution in [0.4, 0.5) is 5.69 Å². The number of phenolic OH excluding ortho intramolecular Hbond substituents is 1. The topological polar surface area (TPSA) is 91.8 Å². The van der Waals surface area contributed by atoms with Gasteiger partial charge in [0.15, 0.2) is 9.84 Å². The first-order chi connectivity index (χ1) is 12.8. The van der Waals surface area contributed by atoms with Gasteiger partial charge in [0, 0.05) is 16.5 Å². The summed E-state index contributed by atoms with van der Waals surface area (Å²) in [7, 11) is -3.57. The summed E-state index contributed by atoms with van der Waals surface area (Å²) in [5.41, 5.74) is 0.503. The van der Waals surface area contributed by atoms with Crippen LogP contribution in [0.1, 0.15) is 27.6 Å². The van der Waals surface area contributed by atoms with Gasteiger partial charge in [-0.3, -0.25) is 9.59 Å². The summed E-state index contributed by atoms with van der Waals surface area (Å²) in [4.78, 5) is 26.9. The molecule has 7 heteroatoms. The van der Waals surface area contributed by atoms with Crippen molar-refractivity contribution in [2.24, 2.45) is 0 Å². The highest BCUT2D eigenvalue weighted by Gasteiger charge is 2.35. The Morgan fingerprint density at radius 2 is 1.52 bits per heavy atom. The normalized spacial score (nSPS) is 14.0. The lowest BCUT2D eigenvalue weighted by Gasteiger charge is -2.27. The second kappa shape index (κ2) is 5.92. The maximum Gasteiger partial charge on any atom is 0.266 e. The fourth-order valence-electron chi connectivity index (χ4n) is 3.29. The first-order valence-corrected chi connectivity index (χ1v) is 9.96. The third kappa shape index (κ3) is 2.50. The summed E-state index contributed by atoms with van der Waals surface area (Å²) in [6.45, 7) is 1.50. The molecule has 0 aromatic heterocycles. The van der Waals surface area contributed by atoms with E-state index in [9.17, 15) is 23.1 Å². The molecule has 27 heavy (non-hydrogen) atoms. The van der Waals surface area contributed by atoms with E-state index in [1.165, 1.54) is 19.1 Å². The molecular formula is C20H15NO5S. The van der Waals surface area contributed by atoms with Gasteiger partial charge in [-0.2, -0.15) is 0 Å². The Hall–Kier alpha value is -3.19. The van der Waals surface area contributed by atoms with Gasteiger partial charge in [-0.1, -0.05) is 31.2 Å². The number of phenols is 1. The van der Waals surface area contributed by atoms with E-state index in [-0.39, 0.29) is 22.1 Å². The standard InChI is InChI=1S/C20H15NO5S/c1-2-27(25,26)13-9-10-17(22)16(11-13)21-19(23)14-7-3-5-12-6-4-8-15(18(12)14)20(21)24/h3-11,22H,2H2,1H3. The van der Waals surface area contributed by atoms with Gasteiger partial charge in [0.05, 0.1) is 16.3 Å². The highest BCUT2D eigenvalue weighted by Crippen LogP contribution is 2.37. The zero-order valence-corrected chi connectivity index (χ0v) is 15.2. The van der Waals surface area contributed by atoms with Crippen LogP contribution >= 0.6 is 0 Å². The van der Waals surface area contributed by atoms with Crippen molar-refractivity contribution in [3.8, 4) is 5.75 Å². The summed E-state index contributed by atoms with van der Waals surface area (Å²) in [5.74, 6) is -1.70. The van der Waals surface area contributed by atoms with Gasteiger partial charge >= 0.3 is 0 Å². The molecule has 0 fully saturated rings. The van der Waals surface area contributed by atoms with Gasteiger partial charge in [-0.15, -0.1) is 0 Å². The third-order valence-corrected chi connectivity index (χ3v) is 6.43. The van der Waals surface area contributed by atoms with E-state index in [1.807, 2.05) is 12.1 Å². The summed E-state index contributed by atoms with van der Waals surface area (Å²) < 4.78 is 24.4. The molecule has 0 unspecified atom stereocenters. The third-order valence-electron chi connectivity index (χ3n) is 4.70. The van der Waals surface area contributed by atoms with Crippen LogP contribution < -0.4 is 4.90 Å². The Kier molecular flexibility index (Phi) is 3.78. The molecule has 3 aromatic rings. The number of nitrogens with zero attached hydrogens (tertiary/aromatic N) is 1. The molecule has 1 N–H and O–H groups in total. The predicted molar refractivity (Wildman–Crippen MR) is 101 cm³/mol. The highest BCUT2D eigenvalue weighted by atomic mass is 32.2. The quantitative estimate of drug-likeness (QED) is 0.704. The number of rotatable bonds is 3. The average molecular weight is 381 g/mol. The average Bonchev–Trinajstić information content (AvgIpc) is 2.67. The number of anilines is 1. The maximum absolute atomic E-state index is 13.0. The smallest absolute Gasteiger partial charge is 0.266 e. The van der Waals surface area contributed by atoms with E-state index in [0.717, 1.165) is 16.4 Å². The minimum atomic E-state index is -3.57. The van der Waals surface area contributed by atoms with Crippen molar-refractivity contribution in [1.82, 2.24) is 0 Å². The highest BCUT2D eigenvalue weighted by molar-refractivity contribution is 7.91. The van der Waals surface area contributed by atoms with Crippen LogP contribution in [0.15, 0.2) is 59.5 Å². The van der Waals surface area contributed by atoms with Crippen molar-refractivity contribution in [3.63, 3.8) is 0 Å². The molecule has 1 aliphatic heterocycles. The number of amides is 2. The molecule has 0 aliphatic carbocycles. The minimum Gasteiger partial charge on any atom is -0.506 e. The zero-order valence-electron chi connectivity index (χ0n) is 14.3. The van der Waals surface area contributed by atoms with Gasteiger partial charge < -0.3 is 5.11 Å². The minimum absolute atomic E-state index is 0.0598. The molecule has 4 rings (SSSR count). The molecule has 0 saturated carbocycles. The van der Waals surface area contributed by atoms with E-state index in [1.54, 1.807) is 24.3 Å². The van der Waals surface area contributed by atoms with Crippen molar-refractivity contribution in [3.05, 3.63) is 65.7 Å². The molecule has 0 atom stereocenters. The molecular weight excluding hydrogens is 366 g/mol. The zero-order chi connectivity index (χ0) is 19.3. The number of aromatic hydroxyl groups is 1. The van der Waals surface area contributed by atoms with Crippen LogP contribution in [0.2, 0.25) is 0 Å². The van der Waals surface area contributed by atoms with Crippen molar-refractivity contribution in [2.45, 2.75) is 11.8 Å². The Bertz CT molecular complexity index is 1180. The number of imide groups is 1. The van der Waals surface area contributed by atoms with Crippen LogP contribution in [-0.2, 0) is 9.84 Å². The van der Waals surface area contributed by atoms with Gasteiger partial charge in [-0.25, -0.2) is 13.3 Å². The number of benzene rings is 3. The van der Waals surface area contributed by atoms with E-state index in [2.05, 4.69) is 0 Å². The van der Waals surface area contributed by atoms with Gasteiger partial charge in [0.25, 0.3) is 11.8 Å². The SMILES string of the molecule is CCS(=O)(=O)c1ccc(O)c(N2C(=O)c3cccc4cccc(c34)C2=O)c1. The molecule has 0 spiro atoms. The monoisotopic (exact) mass is 381 g/mol. The van der Waals surface area contributed by atoms with Crippen molar-refractivity contribution >= 4 is 38.1 Å². The van der Waals surface area contributed by atoms with E-state index >= 15 is 0 Å². The lowest BCUT2D eigenvalue weighted by atomic mass is 9.93. The van der Waals surface area contributed by atoms with E-state index in [0.29, 0.717) is 16.5 Å². The Labute approximate surface area is 155 Å². The molecule has 0 saturated heterocycles. The second-order valence-corrected chi connectivity index (χ2v) is 8.49. The van der Waals surface area contributed by atoms with Crippen LogP contribution in [-0.4, -0.2) is 31.1 Å². The van der Waals surface area contributed by atoms with Gasteiger partial charge in [-0.05, 0) is 35.7 Å². The van der Waals surface area contributed by atoms with Crippen LogP contribution in [0.5, 0.6) is 5.75 Å². The van der Waals surface area contributed by atoms with E-state index in [4.69, 9.17) is 0 Å². The van der Waals surface area contributed by atoms with Crippen molar-refractivity contribution in [2.75, 3.05) is 10.7 Å². The summed E-state index contributed by atoms with van der Waals surface area (Å²) >= 11 is 0. The Morgan fingerprint density at radius 3 is 2.07 bits per heavy atom. The Balaban J connectivity index is 1.96. The largest absolute Gasteiger partial charge is 0.506 e. The molecule has 1 heterocycles. The number of carbonyl (C=O) groups is 2. The number of hydrogen-bond acceptors (Lipinski definition) is 5. The summed E-state index contributed by atoms with van der Waals surface area (Å²) in [6.07, 6.45) is 0. The van der Waals surface area contributed by atoms with E-state index < -0.39 is 21.7 Å². The van der Waals surface area contributed by atoms with Crippen LogP contribution in [0.3, 0.4) is 0 Å². The summed E-state index contributed by atoms with van der Waals surface area (Å²) in [5, 5.41) is 11.6. The van der Waals surface area contributed by atoms with Crippen molar-refractivity contribution in [1.29, 1.82) is 0 Å². The molecule has 2 amide bonds. The van der Waals surface area contributed by atoms with Crippen LogP contribution in [0, 0.1) is 0 Å². The molecule has 6 nitrogen and oxygen atoms in total. The lowest BCUT2D eigenvalue weighted by Crippen LogP contribution is -2.40. The number of carbonyl (C=O) groups excluding carboxylic acids is 2. The summed E-state index contributed by atoms with van der Waals surface area (Å²) in [6, 6.07) is 13.9. The predicted octanol–water partition coefficient (Wildman–Crippen LogP) is 3.14. The molecule has 136 valence electrons. The lowest BCUT2D eigenvalue weighted by molar-refractivity contribution is 0.0892. The molecule has 0 radical (unpaired) electrons. The first-order valence-electron chi connectivity index (χ1n) is 8.31. The van der Waals surface area contributed by atoms with Crippen LogP contribution in [0.25, 0.3) is 10.8 Å². The van der Waals surface area contributed by atoms with Crippen molar-refractivity contribution < 1.29 is 23.1 Å². The Morgan fingerprint density at radius 1 is 0.926 bits per heavy atom. The molecule has 0 bridgehead atoms. The maximum atomic E-state index is 13.0. The number of hydrogen-bond donors (Lipinski definition) is 1. The fraction of sp³-hybridized carbons (Fsp3) is 0.100.